The summed E-state index contributed by atoms with van der Waals surface area (Å²) in [5, 5.41) is 2.76. The zero-order valence-corrected chi connectivity index (χ0v) is 12.2. The van der Waals surface area contributed by atoms with Gasteiger partial charge in [0.1, 0.15) is 0 Å². The van der Waals surface area contributed by atoms with Gasteiger partial charge in [-0.3, -0.25) is 4.79 Å². The smallest absolute Gasteiger partial charge is 0.253 e. The average Bonchev–Trinajstić information content (AvgIpc) is 2.49. The van der Waals surface area contributed by atoms with Crippen molar-refractivity contribution in [3.05, 3.63) is 29.3 Å². The molecule has 2 rings (SSSR count). The zero-order valence-electron chi connectivity index (χ0n) is 12.2. The molecule has 0 spiro atoms. The zero-order chi connectivity index (χ0) is 15.4. The van der Waals surface area contributed by atoms with Crippen molar-refractivity contribution in [2.75, 3.05) is 31.9 Å². The number of hydrogen-bond acceptors (Lipinski definition) is 3. The molecule has 1 aliphatic heterocycles. The second-order valence-electron chi connectivity index (χ2n) is 5.44. The summed E-state index contributed by atoms with van der Waals surface area (Å²) in [6, 6.07) is 1.68. The largest absolute Gasteiger partial charge is 0.398 e. The van der Waals surface area contributed by atoms with Gasteiger partial charge < -0.3 is 16.0 Å². The summed E-state index contributed by atoms with van der Waals surface area (Å²) in [6.07, 6.45) is 2.06. The number of nitrogens with two attached hydrogens (primary N) is 1. The van der Waals surface area contributed by atoms with Gasteiger partial charge in [0, 0.05) is 18.3 Å². The third kappa shape index (κ3) is 3.91. The minimum atomic E-state index is -1.06. The van der Waals surface area contributed by atoms with Gasteiger partial charge in [-0.1, -0.05) is 6.92 Å². The molecular weight excluding hydrogens is 276 g/mol. The number of nitrogens with one attached hydrogen (secondary N) is 1. The lowest BCUT2D eigenvalue weighted by molar-refractivity contribution is 0.0937. The highest BCUT2D eigenvalue weighted by Crippen LogP contribution is 2.18. The first-order chi connectivity index (χ1) is 10.0. The van der Waals surface area contributed by atoms with Gasteiger partial charge in [0.25, 0.3) is 5.91 Å². The van der Waals surface area contributed by atoms with Crippen molar-refractivity contribution >= 4 is 11.6 Å². The van der Waals surface area contributed by atoms with Gasteiger partial charge >= 0.3 is 0 Å². The van der Waals surface area contributed by atoms with Gasteiger partial charge in [0.15, 0.2) is 11.6 Å². The van der Waals surface area contributed by atoms with E-state index in [-0.39, 0.29) is 11.3 Å². The standard InChI is InChI=1S/C15H21F2N3O/c1-2-20-5-3-10(4-6-20)9-19-15(21)11-7-12(16)13(17)8-14(11)18/h7-8,10H,2-6,9,18H2,1H3,(H,19,21). The van der Waals surface area contributed by atoms with Crippen LogP contribution < -0.4 is 11.1 Å². The van der Waals surface area contributed by atoms with Crippen molar-refractivity contribution in [3.63, 3.8) is 0 Å². The van der Waals surface area contributed by atoms with Crippen LogP contribution in [0.4, 0.5) is 14.5 Å². The number of anilines is 1. The maximum absolute atomic E-state index is 13.2. The van der Waals surface area contributed by atoms with E-state index in [4.69, 9.17) is 5.73 Å². The van der Waals surface area contributed by atoms with E-state index in [0.29, 0.717) is 12.5 Å². The fourth-order valence-electron chi connectivity index (χ4n) is 2.60. The monoisotopic (exact) mass is 297 g/mol. The number of halogens is 2. The molecule has 4 nitrogen and oxygen atoms in total. The third-order valence-electron chi connectivity index (χ3n) is 4.04. The predicted molar refractivity (Wildman–Crippen MR) is 77.9 cm³/mol. The molecule has 0 unspecified atom stereocenters. The van der Waals surface area contributed by atoms with Gasteiger partial charge in [0.2, 0.25) is 0 Å². The summed E-state index contributed by atoms with van der Waals surface area (Å²) < 4.78 is 26.2. The number of piperidine rings is 1. The van der Waals surface area contributed by atoms with Crippen molar-refractivity contribution in [2.24, 2.45) is 5.92 Å². The molecule has 3 N–H and O–H groups in total. The van der Waals surface area contributed by atoms with Gasteiger partial charge in [-0.25, -0.2) is 8.78 Å². The van der Waals surface area contributed by atoms with E-state index in [1.54, 1.807) is 0 Å². The lowest BCUT2D eigenvalue weighted by Crippen LogP contribution is -2.38. The van der Waals surface area contributed by atoms with E-state index in [2.05, 4.69) is 17.1 Å². The highest BCUT2D eigenvalue weighted by molar-refractivity contribution is 5.99. The van der Waals surface area contributed by atoms with Crippen LogP contribution in [0.25, 0.3) is 0 Å². The van der Waals surface area contributed by atoms with E-state index < -0.39 is 17.5 Å². The van der Waals surface area contributed by atoms with Crippen LogP contribution in [0.15, 0.2) is 12.1 Å². The first-order valence-electron chi connectivity index (χ1n) is 7.26. The molecule has 1 amide bonds. The molecule has 1 heterocycles. The Hall–Kier alpha value is -1.69. The Labute approximate surface area is 123 Å². The Morgan fingerprint density at radius 1 is 1.33 bits per heavy atom. The van der Waals surface area contributed by atoms with Crippen molar-refractivity contribution in [3.8, 4) is 0 Å². The van der Waals surface area contributed by atoms with Gasteiger partial charge in [0.05, 0.1) is 5.56 Å². The van der Waals surface area contributed by atoms with E-state index in [1.165, 1.54) is 0 Å². The van der Waals surface area contributed by atoms with Gasteiger partial charge in [-0.2, -0.15) is 0 Å². The first-order valence-corrected chi connectivity index (χ1v) is 7.26. The van der Waals surface area contributed by atoms with Gasteiger partial charge in [-0.05, 0) is 44.5 Å². The lowest BCUT2D eigenvalue weighted by atomic mass is 9.96. The number of carbonyl (C=O) groups is 1. The number of likely N-dealkylation sites (tertiary alicyclic amines) is 1. The highest BCUT2D eigenvalue weighted by atomic mass is 19.2. The molecule has 0 atom stereocenters. The van der Waals surface area contributed by atoms with Crippen molar-refractivity contribution in [2.45, 2.75) is 19.8 Å². The summed E-state index contributed by atoms with van der Waals surface area (Å²) in [4.78, 5) is 14.4. The minimum absolute atomic E-state index is 0.0140. The van der Waals surface area contributed by atoms with Crippen LogP contribution in [-0.2, 0) is 0 Å². The Morgan fingerprint density at radius 3 is 2.57 bits per heavy atom. The molecule has 1 aromatic rings. The van der Waals surface area contributed by atoms with E-state index in [9.17, 15) is 13.6 Å². The van der Waals surface area contributed by atoms with Crippen molar-refractivity contribution in [1.82, 2.24) is 10.2 Å². The Kier molecular flexibility index (Phi) is 5.12. The maximum Gasteiger partial charge on any atom is 0.253 e. The topological polar surface area (TPSA) is 58.4 Å². The number of carbonyl (C=O) groups excluding carboxylic acids is 1. The average molecular weight is 297 g/mol. The van der Waals surface area contributed by atoms with E-state index in [1.807, 2.05) is 0 Å². The lowest BCUT2D eigenvalue weighted by Gasteiger charge is -2.31. The molecule has 116 valence electrons. The molecule has 0 radical (unpaired) electrons. The second-order valence-corrected chi connectivity index (χ2v) is 5.44. The minimum Gasteiger partial charge on any atom is -0.398 e. The van der Waals surface area contributed by atoms with Crippen LogP contribution >= 0.6 is 0 Å². The number of benzene rings is 1. The number of hydrogen-bond donors (Lipinski definition) is 2. The molecular formula is C15H21F2N3O. The molecule has 0 aromatic heterocycles. The molecule has 6 heteroatoms. The summed E-state index contributed by atoms with van der Waals surface area (Å²) >= 11 is 0. The van der Waals surface area contributed by atoms with Crippen molar-refractivity contribution in [1.29, 1.82) is 0 Å². The molecule has 21 heavy (non-hydrogen) atoms. The van der Waals surface area contributed by atoms with Crippen LogP contribution in [0.1, 0.15) is 30.1 Å². The molecule has 1 fully saturated rings. The normalized spacial score (nSPS) is 16.9. The molecule has 0 saturated carbocycles. The van der Waals surface area contributed by atoms with Crippen LogP contribution in [0.5, 0.6) is 0 Å². The number of nitrogen functional groups attached to an aromatic ring is 1. The van der Waals surface area contributed by atoms with E-state index in [0.717, 1.165) is 44.6 Å². The van der Waals surface area contributed by atoms with Crippen molar-refractivity contribution < 1.29 is 13.6 Å². The van der Waals surface area contributed by atoms with Gasteiger partial charge in [-0.15, -0.1) is 0 Å². The fourth-order valence-corrected chi connectivity index (χ4v) is 2.60. The third-order valence-corrected chi connectivity index (χ3v) is 4.04. The maximum atomic E-state index is 13.2. The number of amides is 1. The second kappa shape index (κ2) is 6.85. The molecule has 0 bridgehead atoms. The first kappa shape index (κ1) is 15.7. The van der Waals surface area contributed by atoms with Crippen LogP contribution in [0.2, 0.25) is 0 Å². The number of rotatable bonds is 4. The Morgan fingerprint density at radius 2 is 1.95 bits per heavy atom. The van der Waals surface area contributed by atoms with Crippen LogP contribution in [-0.4, -0.2) is 37.0 Å². The quantitative estimate of drug-likeness (QED) is 0.836. The molecule has 1 aromatic carbocycles. The number of nitrogens with zero attached hydrogens (tertiary/aromatic N) is 1. The molecule has 1 aliphatic rings. The summed E-state index contributed by atoms with van der Waals surface area (Å²) in [5.74, 6) is -2.14. The summed E-state index contributed by atoms with van der Waals surface area (Å²) in [7, 11) is 0. The molecule has 0 aliphatic carbocycles. The Bertz CT molecular complexity index is 514. The SMILES string of the molecule is CCN1CCC(CNC(=O)c2cc(F)c(F)cc2N)CC1. The summed E-state index contributed by atoms with van der Waals surface area (Å²) in [6.45, 7) is 5.78. The van der Waals surface area contributed by atoms with Crippen LogP contribution in [0.3, 0.4) is 0 Å². The predicted octanol–water partition coefficient (Wildman–Crippen LogP) is 2.01. The molecule has 1 saturated heterocycles. The van der Waals surface area contributed by atoms with E-state index >= 15 is 0 Å². The highest BCUT2D eigenvalue weighted by Gasteiger charge is 2.20. The Balaban J connectivity index is 1.89. The summed E-state index contributed by atoms with van der Waals surface area (Å²) in [5.41, 5.74) is 5.50. The van der Waals surface area contributed by atoms with Crippen LogP contribution in [0, 0.1) is 17.6 Å². The fraction of sp³-hybridized carbons (Fsp3) is 0.533.